The van der Waals surface area contributed by atoms with Crippen molar-refractivity contribution < 1.29 is 9.59 Å². The Balaban J connectivity index is 1.54. The lowest BCUT2D eigenvalue weighted by Gasteiger charge is -2.36. The highest BCUT2D eigenvalue weighted by Crippen LogP contribution is 2.25. The minimum atomic E-state index is -0.0531. The molecule has 0 aliphatic heterocycles. The quantitative estimate of drug-likeness (QED) is 0.256. The van der Waals surface area contributed by atoms with Crippen LogP contribution in [-0.2, 0) is 24.3 Å². The van der Waals surface area contributed by atoms with E-state index in [0.717, 1.165) is 50.8 Å². The van der Waals surface area contributed by atoms with E-state index in [1.165, 1.54) is 17.5 Å². The van der Waals surface area contributed by atoms with Crippen LogP contribution in [0.25, 0.3) is 0 Å². The Labute approximate surface area is 234 Å². The highest BCUT2D eigenvalue weighted by atomic mass is 16.2. The van der Waals surface area contributed by atoms with Gasteiger partial charge in [0.15, 0.2) is 0 Å². The average molecular weight is 528 g/mol. The second-order valence-electron chi connectivity index (χ2n) is 11.4. The molecule has 1 fully saturated rings. The lowest BCUT2D eigenvalue weighted by Crippen LogP contribution is -2.48. The van der Waals surface area contributed by atoms with Crippen molar-refractivity contribution >= 4 is 11.8 Å². The molecule has 0 unspecified atom stereocenters. The molecule has 0 spiro atoms. The fourth-order valence-electron chi connectivity index (χ4n) is 5.50. The molecule has 5 heteroatoms. The van der Waals surface area contributed by atoms with Crippen LogP contribution in [0.5, 0.6) is 0 Å². The number of carbonyl (C=O) groups excluding carboxylic acids is 2. The third kappa shape index (κ3) is 8.08. The third-order valence-electron chi connectivity index (χ3n) is 7.99. The molecular formula is C34H45N3O2. The second-order valence-corrected chi connectivity index (χ2v) is 11.4. The number of aryl methyl sites for hydroxylation is 1. The van der Waals surface area contributed by atoms with Crippen LogP contribution in [0.15, 0.2) is 72.9 Å². The zero-order valence-electron chi connectivity index (χ0n) is 24.0. The molecule has 1 saturated carbocycles. The van der Waals surface area contributed by atoms with Crippen LogP contribution >= 0.6 is 0 Å². The molecule has 1 aliphatic carbocycles. The van der Waals surface area contributed by atoms with Gasteiger partial charge in [-0.15, -0.1) is 0 Å². The summed E-state index contributed by atoms with van der Waals surface area (Å²) in [5.41, 5.74) is 4.24. The Morgan fingerprint density at radius 1 is 0.897 bits per heavy atom. The van der Waals surface area contributed by atoms with E-state index in [1.54, 1.807) is 4.90 Å². The minimum absolute atomic E-state index is 0.0524. The van der Waals surface area contributed by atoms with Crippen molar-refractivity contribution in [2.45, 2.75) is 84.8 Å². The molecule has 0 radical (unpaired) electrons. The molecular weight excluding hydrogens is 482 g/mol. The van der Waals surface area contributed by atoms with Gasteiger partial charge in [0.25, 0.3) is 5.91 Å². The Kier molecular flexibility index (Phi) is 10.4. The van der Waals surface area contributed by atoms with E-state index in [4.69, 9.17) is 0 Å². The van der Waals surface area contributed by atoms with Gasteiger partial charge < -0.3 is 14.4 Å². The Hall–Kier alpha value is -3.34. The molecule has 0 bridgehead atoms. The SMILES string of the molecule is CCc1ccc(C(=O)N(CCC(C)C)CC(=O)N(Cc2cccn2Cc2ccccc2)C2CCCCC2)cc1. The van der Waals surface area contributed by atoms with E-state index >= 15 is 0 Å². The highest BCUT2D eigenvalue weighted by Gasteiger charge is 2.29. The molecule has 208 valence electrons. The Morgan fingerprint density at radius 3 is 2.28 bits per heavy atom. The van der Waals surface area contributed by atoms with Gasteiger partial charge in [-0.3, -0.25) is 9.59 Å². The lowest BCUT2D eigenvalue weighted by atomic mass is 9.94. The summed E-state index contributed by atoms with van der Waals surface area (Å²) in [7, 11) is 0. The molecule has 3 aromatic rings. The average Bonchev–Trinajstić information content (AvgIpc) is 3.40. The topological polar surface area (TPSA) is 45.6 Å². The van der Waals surface area contributed by atoms with Gasteiger partial charge in [-0.2, -0.15) is 0 Å². The lowest BCUT2D eigenvalue weighted by molar-refractivity contribution is -0.135. The fourth-order valence-corrected chi connectivity index (χ4v) is 5.50. The van der Waals surface area contributed by atoms with E-state index in [1.807, 2.05) is 30.3 Å². The predicted octanol–water partition coefficient (Wildman–Crippen LogP) is 6.95. The molecule has 2 aromatic carbocycles. The normalized spacial score (nSPS) is 13.9. The van der Waals surface area contributed by atoms with Gasteiger partial charge in [0.1, 0.15) is 6.54 Å². The maximum absolute atomic E-state index is 14.1. The Morgan fingerprint density at radius 2 is 1.62 bits per heavy atom. The number of amides is 2. The van der Waals surface area contributed by atoms with Crippen LogP contribution < -0.4 is 0 Å². The van der Waals surface area contributed by atoms with Crippen LogP contribution in [-0.4, -0.2) is 45.3 Å². The molecule has 0 atom stereocenters. The van der Waals surface area contributed by atoms with Crippen LogP contribution in [0.4, 0.5) is 0 Å². The summed E-state index contributed by atoms with van der Waals surface area (Å²) in [6.45, 7) is 8.49. The number of rotatable bonds is 12. The second kappa shape index (κ2) is 14.2. The first kappa shape index (κ1) is 28.7. The van der Waals surface area contributed by atoms with E-state index < -0.39 is 0 Å². The first-order valence-electron chi connectivity index (χ1n) is 14.8. The summed E-state index contributed by atoms with van der Waals surface area (Å²) < 4.78 is 2.25. The number of carbonyl (C=O) groups is 2. The summed E-state index contributed by atoms with van der Waals surface area (Å²) >= 11 is 0. The van der Waals surface area contributed by atoms with Gasteiger partial charge in [0, 0.05) is 36.6 Å². The van der Waals surface area contributed by atoms with Crippen LogP contribution in [0.2, 0.25) is 0 Å². The van der Waals surface area contributed by atoms with Crippen molar-refractivity contribution in [1.82, 2.24) is 14.4 Å². The summed E-state index contributed by atoms with van der Waals surface area (Å²) in [5, 5.41) is 0. The van der Waals surface area contributed by atoms with Crippen LogP contribution in [0.1, 0.15) is 86.5 Å². The summed E-state index contributed by atoms with van der Waals surface area (Å²) in [4.78, 5) is 31.5. The first-order chi connectivity index (χ1) is 18.9. The van der Waals surface area contributed by atoms with Crippen molar-refractivity contribution in [2.75, 3.05) is 13.1 Å². The van der Waals surface area contributed by atoms with Crippen molar-refractivity contribution in [3.63, 3.8) is 0 Å². The first-order valence-corrected chi connectivity index (χ1v) is 14.8. The van der Waals surface area contributed by atoms with E-state index in [2.05, 4.69) is 72.8 Å². The number of nitrogens with zero attached hydrogens (tertiary/aromatic N) is 3. The van der Waals surface area contributed by atoms with Gasteiger partial charge in [-0.05, 0) is 67.0 Å². The molecule has 2 amide bonds. The van der Waals surface area contributed by atoms with E-state index in [-0.39, 0.29) is 24.4 Å². The van der Waals surface area contributed by atoms with Crippen molar-refractivity contribution in [3.8, 4) is 0 Å². The van der Waals surface area contributed by atoms with Crippen LogP contribution in [0, 0.1) is 5.92 Å². The van der Waals surface area contributed by atoms with Gasteiger partial charge in [-0.1, -0.05) is 82.5 Å². The third-order valence-corrected chi connectivity index (χ3v) is 7.99. The molecule has 5 nitrogen and oxygen atoms in total. The molecule has 4 rings (SSSR count). The number of hydrogen-bond acceptors (Lipinski definition) is 2. The smallest absolute Gasteiger partial charge is 0.254 e. The molecule has 39 heavy (non-hydrogen) atoms. The van der Waals surface area contributed by atoms with Gasteiger partial charge >= 0.3 is 0 Å². The fraction of sp³-hybridized carbons (Fsp3) is 0.471. The largest absolute Gasteiger partial charge is 0.345 e. The van der Waals surface area contributed by atoms with Crippen molar-refractivity contribution in [2.24, 2.45) is 5.92 Å². The number of benzene rings is 2. The van der Waals surface area contributed by atoms with E-state index in [0.29, 0.717) is 24.6 Å². The summed E-state index contributed by atoms with van der Waals surface area (Å²) in [6, 6.07) is 22.7. The van der Waals surface area contributed by atoms with Crippen molar-refractivity contribution in [3.05, 3.63) is 95.3 Å². The zero-order chi connectivity index (χ0) is 27.6. The minimum Gasteiger partial charge on any atom is -0.345 e. The number of hydrogen-bond donors (Lipinski definition) is 0. The standard InChI is InChI=1S/C34H45N3O2/c1-4-28-17-19-30(20-18-28)34(39)36(23-21-27(2)3)26-33(38)37(31-14-9-6-10-15-31)25-32-16-11-22-35(32)24-29-12-7-5-8-13-29/h5,7-8,11-13,16-20,22,27,31H,4,6,9-10,14-15,21,23-26H2,1-3H3. The monoisotopic (exact) mass is 527 g/mol. The van der Waals surface area contributed by atoms with Crippen LogP contribution in [0.3, 0.4) is 0 Å². The van der Waals surface area contributed by atoms with E-state index in [9.17, 15) is 9.59 Å². The van der Waals surface area contributed by atoms with Gasteiger partial charge in [0.2, 0.25) is 5.91 Å². The van der Waals surface area contributed by atoms with Gasteiger partial charge in [0.05, 0.1) is 6.54 Å². The number of aromatic nitrogens is 1. The summed E-state index contributed by atoms with van der Waals surface area (Å²) in [6.07, 6.45) is 9.51. The van der Waals surface area contributed by atoms with Crippen molar-refractivity contribution in [1.29, 1.82) is 0 Å². The predicted molar refractivity (Wildman–Crippen MR) is 159 cm³/mol. The molecule has 0 saturated heterocycles. The maximum Gasteiger partial charge on any atom is 0.254 e. The highest BCUT2D eigenvalue weighted by molar-refractivity contribution is 5.96. The Bertz CT molecular complexity index is 1180. The maximum atomic E-state index is 14.1. The summed E-state index contributed by atoms with van der Waals surface area (Å²) in [5.74, 6) is 0.452. The molecule has 1 heterocycles. The van der Waals surface area contributed by atoms with Gasteiger partial charge in [-0.25, -0.2) is 0 Å². The molecule has 1 aromatic heterocycles. The molecule has 1 aliphatic rings. The molecule has 0 N–H and O–H groups in total. The zero-order valence-corrected chi connectivity index (χ0v) is 24.0.